The van der Waals surface area contributed by atoms with Crippen LogP contribution in [-0.2, 0) is 9.84 Å². The first kappa shape index (κ1) is 16.4. The highest BCUT2D eigenvalue weighted by Crippen LogP contribution is 2.21. The third-order valence-electron chi connectivity index (χ3n) is 4.29. The minimum absolute atomic E-state index is 0.0148. The zero-order chi connectivity index (χ0) is 16.4. The van der Waals surface area contributed by atoms with Crippen LogP contribution in [0.25, 0.3) is 0 Å². The molecule has 2 fully saturated rings. The fourth-order valence-corrected chi connectivity index (χ4v) is 4.60. The second-order valence-electron chi connectivity index (χ2n) is 6.69. The Bertz CT molecular complexity index is 676. The Balaban J connectivity index is 1.61. The van der Waals surface area contributed by atoms with Crippen LogP contribution in [0.3, 0.4) is 0 Å². The van der Waals surface area contributed by atoms with E-state index >= 15 is 0 Å². The van der Waals surface area contributed by atoms with Crippen LogP contribution in [0.4, 0.5) is 0 Å². The van der Waals surface area contributed by atoms with Gasteiger partial charge in [-0.2, -0.15) is 0 Å². The van der Waals surface area contributed by atoms with Gasteiger partial charge in [0.2, 0.25) is 0 Å². The summed E-state index contributed by atoms with van der Waals surface area (Å²) in [6.45, 7) is 4.50. The number of nitrogens with zero attached hydrogens (tertiary/aromatic N) is 1. The summed E-state index contributed by atoms with van der Waals surface area (Å²) in [7, 11) is -2.84. The number of hydrogen-bond acceptors (Lipinski definition) is 4. The maximum atomic E-state index is 11.5. The normalized spacial score (nSPS) is 25.3. The lowest BCUT2D eigenvalue weighted by Crippen LogP contribution is -2.40. The quantitative estimate of drug-likeness (QED) is 0.631. The fraction of sp³-hybridized carbons (Fsp3) is 0.688. The molecule has 1 aliphatic heterocycles. The summed E-state index contributed by atoms with van der Waals surface area (Å²) < 4.78 is 28.7. The second-order valence-corrected chi connectivity index (χ2v) is 8.92. The van der Waals surface area contributed by atoms with Gasteiger partial charge in [0.05, 0.1) is 17.5 Å². The molecule has 2 N–H and O–H groups in total. The molecule has 2 aliphatic rings. The van der Waals surface area contributed by atoms with E-state index in [0.717, 1.165) is 36.7 Å². The Morgan fingerprint density at radius 3 is 2.74 bits per heavy atom. The van der Waals surface area contributed by atoms with Crippen LogP contribution in [0.1, 0.15) is 43.7 Å². The summed E-state index contributed by atoms with van der Waals surface area (Å²) in [4.78, 5) is 4.61. The summed E-state index contributed by atoms with van der Waals surface area (Å²) >= 11 is 0. The second kappa shape index (κ2) is 6.55. The number of guanidine groups is 1. The minimum Gasteiger partial charge on any atom is -0.464 e. The van der Waals surface area contributed by atoms with E-state index in [-0.39, 0.29) is 17.7 Å². The number of furan rings is 1. The molecule has 1 aromatic heterocycles. The van der Waals surface area contributed by atoms with E-state index in [1.807, 2.05) is 26.0 Å². The van der Waals surface area contributed by atoms with E-state index in [9.17, 15) is 8.42 Å². The zero-order valence-corrected chi connectivity index (χ0v) is 14.5. The maximum absolute atomic E-state index is 11.5. The molecule has 1 aromatic rings. The molecule has 0 spiro atoms. The van der Waals surface area contributed by atoms with Crippen LogP contribution in [0.5, 0.6) is 0 Å². The molecule has 2 atom stereocenters. The van der Waals surface area contributed by atoms with Crippen LogP contribution < -0.4 is 10.6 Å². The number of sulfone groups is 1. The minimum atomic E-state index is -2.84. The van der Waals surface area contributed by atoms with E-state index in [0.29, 0.717) is 18.3 Å². The van der Waals surface area contributed by atoms with Crippen LogP contribution in [0.15, 0.2) is 21.5 Å². The SMILES string of the molecule is Cc1ccc(C(C)NC(=NCC2CCS(=O)(=O)C2)NC2CC2)o1. The summed E-state index contributed by atoms with van der Waals surface area (Å²) in [5.41, 5.74) is 0. The van der Waals surface area contributed by atoms with Crippen LogP contribution in [0, 0.1) is 12.8 Å². The van der Waals surface area contributed by atoms with Crippen molar-refractivity contribution in [3.05, 3.63) is 23.7 Å². The van der Waals surface area contributed by atoms with Crippen molar-refractivity contribution in [1.29, 1.82) is 0 Å². The molecule has 1 aliphatic carbocycles. The summed E-state index contributed by atoms with van der Waals surface area (Å²) in [5.74, 6) is 3.21. The Morgan fingerprint density at radius 1 is 1.39 bits per heavy atom. The average molecular weight is 339 g/mol. The van der Waals surface area contributed by atoms with Crippen molar-refractivity contribution in [2.24, 2.45) is 10.9 Å². The van der Waals surface area contributed by atoms with Gasteiger partial charge in [-0.05, 0) is 51.2 Å². The van der Waals surface area contributed by atoms with Crippen LogP contribution in [-0.4, -0.2) is 38.5 Å². The monoisotopic (exact) mass is 339 g/mol. The summed E-state index contributed by atoms with van der Waals surface area (Å²) in [6, 6.07) is 4.41. The average Bonchev–Trinajstić information content (AvgIpc) is 3.07. The number of hydrogen-bond donors (Lipinski definition) is 2. The van der Waals surface area contributed by atoms with E-state index in [4.69, 9.17) is 4.42 Å². The van der Waals surface area contributed by atoms with E-state index in [2.05, 4.69) is 15.6 Å². The molecule has 7 heteroatoms. The van der Waals surface area contributed by atoms with E-state index < -0.39 is 9.84 Å². The Labute approximate surface area is 137 Å². The molecule has 128 valence electrons. The van der Waals surface area contributed by atoms with Gasteiger partial charge < -0.3 is 15.1 Å². The van der Waals surface area contributed by atoms with Crippen molar-refractivity contribution >= 4 is 15.8 Å². The molecular weight excluding hydrogens is 314 g/mol. The third kappa shape index (κ3) is 4.73. The van der Waals surface area contributed by atoms with Crippen molar-refractivity contribution in [3.8, 4) is 0 Å². The van der Waals surface area contributed by atoms with Gasteiger partial charge in [0.1, 0.15) is 11.5 Å². The van der Waals surface area contributed by atoms with Gasteiger partial charge in [0.25, 0.3) is 0 Å². The Morgan fingerprint density at radius 2 is 2.17 bits per heavy atom. The first-order chi connectivity index (χ1) is 10.9. The van der Waals surface area contributed by atoms with Gasteiger partial charge in [-0.3, -0.25) is 4.99 Å². The van der Waals surface area contributed by atoms with Gasteiger partial charge in [0.15, 0.2) is 15.8 Å². The number of nitrogens with one attached hydrogen (secondary N) is 2. The van der Waals surface area contributed by atoms with Crippen molar-refractivity contribution in [3.63, 3.8) is 0 Å². The summed E-state index contributed by atoms with van der Waals surface area (Å²) in [6.07, 6.45) is 3.04. The van der Waals surface area contributed by atoms with Gasteiger partial charge >= 0.3 is 0 Å². The Kier molecular flexibility index (Phi) is 4.66. The standard InChI is InChI=1S/C16H25N3O3S/c1-11-3-6-15(22-11)12(2)18-16(19-14-4-5-14)17-9-13-7-8-23(20,21)10-13/h3,6,12-14H,4-5,7-10H2,1-2H3,(H2,17,18,19). The molecule has 0 aromatic carbocycles. The molecule has 0 radical (unpaired) electrons. The molecule has 3 rings (SSSR count). The van der Waals surface area contributed by atoms with Gasteiger partial charge in [0, 0.05) is 12.6 Å². The van der Waals surface area contributed by atoms with Gasteiger partial charge in [-0.15, -0.1) is 0 Å². The van der Waals surface area contributed by atoms with Crippen LogP contribution in [0.2, 0.25) is 0 Å². The lowest BCUT2D eigenvalue weighted by molar-refractivity contribution is 0.440. The number of aryl methyl sites for hydroxylation is 1. The number of aliphatic imine (C=N–C) groups is 1. The van der Waals surface area contributed by atoms with Gasteiger partial charge in [-0.25, -0.2) is 8.42 Å². The van der Waals surface area contributed by atoms with Crippen molar-refractivity contribution in [2.45, 2.75) is 45.2 Å². The molecule has 2 heterocycles. The predicted octanol–water partition coefficient (Wildman–Crippen LogP) is 1.78. The topological polar surface area (TPSA) is 83.7 Å². The molecule has 1 saturated carbocycles. The van der Waals surface area contributed by atoms with Crippen molar-refractivity contribution in [2.75, 3.05) is 18.1 Å². The molecule has 2 unspecified atom stereocenters. The van der Waals surface area contributed by atoms with E-state index in [1.54, 1.807) is 0 Å². The lowest BCUT2D eigenvalue weighted by Gasteiger charge is -2.17. The lowest BCUT2D eigenvalue weighted by atomic mass is 10.1. The van der Waals surface area contributed by atoms with Crippen LogP contribution >= 0.6 is 0 Å². The van der Waals surface area contributed by atoms with Gasteiger partial charge in [-0.1, -0.05) is 0 Å². The zero-order valence-electron chi connectivity index (χ0n) is 13.7. The fourth-order valence-electron chi connectivity index (χ4n) is 2.75. The first-order valence-electron chi connectivity index (χ1n) is 8.25. The number of rotatable bonds is 5. The largest absolute Gasteiger partial charge is 0.464 e. The Hall–Kier alpha value is -1.50. The predicted molar refractivity (Wildman–Crippen MR) is 90.2 cm³/mol. The molecule has 1 saturated heterocycles. The smallest absolute Gasteiger partial charge is 0.192 e. The maximum Gasteiger partial charge on any atom is 0.192 e. The molecule has 0 amide bonds. The van der Waals surface area contributed by atoms with Crippen molar-refractivity contribution < 1.29 is 12.8 Å². The highest BCUT2D eigenvalue weighted by atomic mass is 32.2. The molecule has 23 heavy (non-hydrogen) atoms. The highest BCUT2D eigenvalue weighted by Gasteiger charge is 2.28. The highest BCUT2D eigenvalue weighted by molar-refractivity contribution is 7.91. The molecule has 6 nitrogen and oxygen atoms in total. The summed E-state index contributed by atoms with van der Waals surface area (Å²) in [5, 5.41) is 6.75. The first-order valence-corrected chi connectivity index (χ1v) is 10.1. The third-order valence-corrected chi connectivity index (χ3v) is 6.13. The molecular formula is C16H25N3O3S. The van der Waals surface area contributed by atoms with Crippen molar-refractivity contribution in [1.82, 2.24) is 10.6 Å². The molecule has 0 bridgehead atoms. The van der Waals surface area contributed by atoms with E-state index in [1.165, 1.54) is 0 Å².